The van der Waals surface area contributed by atoms with Gasteiger partial charge in [0.15, 0.2) is 5.13 Å². The van der Waals surface area contributed by atoms with Gasteiger partial charge < -0.3 is 19.9 Å². The van der Waals surface area contributed by atoms with E-state index in [0.29, 0.717) is 0 Å². The summed E-state index contributed by atoms with van der Waals surface area (Å²) in [4.78, 5) is 21.8. The molecule has 2 aromatic carbocycles. The zero-order chi connectivity index (χ0) is 19.8. The van der Waals surface area contributed by atoms with E-state index in [2.05, 4.69) is 52.4 Å². The van der Waals surface area contributed by atoms with Crippen molar-refractivity contribution >= 4 is 44.0 Å². The second-order valence-corrected chi connectivity index (χ2v) is 8.71. The Labute approximate surface area is 174 Å². The minimum absolute atomic E-state index is 0.00247. The molecule has 1 aromatic heterocycles. The van der Waals surface area contributed by atoms with Crippen LogP contribution in [0.2, 0.25) is 0 Å². The van der Waals surface area contributed by atoms with Crippen molar-refractivity contribution in [2.45, 2.75) is 6.92 Å². The molecule has 1 amide bonds. The molecule has 1 N–H and O–H groups in total. The van der Waals surface area contributed by atoms with Crippen molar-refractivity contribution in [2.24, 2.45) is 5.92 Å². The molecule has 2 aliphatic heterocycles. The minimum atomic E-state index is 0.00247. The fourth-order valence-corrected chi connectivity index (χ4v) is 4.86. The van der Waals surface area contributed by atoms with Crippen molar-refractivity contribution in [1.29, 1.82) is 0 Å². The number of carbonyl (C=O) groups excluding carboxylic acids is 1. The molecular weight excluding hydrogens is 384 g/mol. The molecule has 0 atom stereocenters. The fourth-order valence-electron chi connectivity index (χ4n) is 3.78. The van der Waals surface area contributed by atoms with E-state index in [4.69, 9.17) is 9.72 Å². The summed E-state index contributed by atoms with van der Waals surface area (Å²) in [5.74, 6) is 0.0833. The second kappa shape index (κ2) is 7.65. The summed E-state index contributed by atoms with van der Waals surface area (Å²) in [6.45, 7) is 6.89. The van der Waals surface area contributed by atoms with Crippen molar-refractivity contribution in [1.82, 2.24) is 4.98 Å². The number of fused-ring (bicyclic) bond motifs is 1. The number of ether oxygens (including phenoxy) is 1. The van der Waals surface area contributed by atoms with E-state index in [9.17, 15) is 4.79 Å². The van der Waals surface area contributed by atoms with Gasteiger partial charge in [-0.15, -0.1) is 0 Å². The normalized spacial score (nSPS) is 17.4. The van der Waals surface area contributed by atoms with Crippen LogP contribution in [0.5, 0.6) is 0 Å². The first-order valence-corrected chi connectivity index (χ1v) is 10.8. The molecule has 0 aliphatic carbocycles. The number of hydrogen-bond donors (Lipinski definition) is 1. The summed E-state index contributed by atoms with van der Waals surface area (Å²) < 4.78 is 6.60. The summed E-state index contributed by atoms with van der Waals surface area (Å²) >= 11 is 1.70. The molecule has 0 unspecified atom stereocenters. The molecule has 3 aromatic rings. The molecule has 3 heterocycles. The number of nitrogens with one attached hydrogen (secondary N) is 1. The fraction of sp³-hybridized carbons (Fsp3) is 0.364. The van der Waals surface area contributed by atoms with Gasteiger partial charge in [-0.1, -0.05) is 17.4 Å². The maximum absolute atomic E-state index is 12.6. The van der Waals surface area contributed by atoms with Crippen molar-refractivity contribution in [3.8, 4) is 0 Å². The number of nitrogens with zero attached hydrogens (tertiary/aromatic N) is 3. The third-order valence-electron chi connectivity index (χ3n) is 5.57. The molecule has 0 bridgehead atoms. The Morgan fingerprint density at radius 2 is 1.86 bits per heavy atom. The Bertz CT molecular complexity index is 1020. The maximum atomic E-state index is 12.6. The maximum Gasteiger partial charge on any atom is 0.231 e. The molecule has 5 rings (SSSR count). The molecule has 2 saturated heterocycles. The number of aryl methyl sites for hydroxylation is 1. The molecular formula is C22H24N4O2S. The van der Waals surface area contributed by atoms with Gasteiger partial charge in [0.1, 0.15) is 0 Å². The zero-order valence-corrected chi connectivity index (χ0v) is 17.2. The third-order valence-corrected chi connectivity index (χ3v) is 6.65. The van der Waals surface area contributed by atoms with Crippen LogP contribution in [0.25, 0.3) is 10.2 Å². The summed E-state index contributed by atoms with van der Waals surface area (Å²) in [6.07, 6.45) is 0. The van der Waals surface area contributed by atoms with E-state index in [1.165, 1.54) is 16.0 Å². The van der Waals surface area contributed by atoms with E-state index >= 15 is 0 Å². The average Bonchev–Trinajstić information content (AvgIpc) is 3.10. The van der Waals surface area contributed by atoms with Crippen LogP contribution in [-0.4, -0.2) is 50.3 Å². The lowest BCUT2D eigenvalue weighted by Gasteiger charge is -2.38. The Kier molecular flexibility index (Phi) is 4.85. The number of thiazole rings is 1. The molecule has 0 radical (unpaired) electrons. The molecule has 0 spiro atoms. The lowest BCUT2D eigenvalue weighted by molar-refractivity contribution is -0.120. The van der Waals surface area contributed by atoms with Gasteiger partial charge in [-0.3, -0.25) is 4.79 Å². The van der Waals surface area contributed by atoms with Gasteiger partial charge >= 0.3 is 0 Å². The number of hydrogen-bond acceptors (Lipinski definition) is 6. The third kappa shape index (κ3) is 3.80. The Morgan fingerprint density at radius 3 is 2.62 bits per heavy atom. The number of carbonyl (C=O) groups is 1. The van der Waals surface area contributed by atoms with Gasteiger partial charge in [0.05, 0.1) is 29.3 Å². The predicted molar refractivity (Wildman–Crippen MR) is 118 cm³/mol. The van der Waals surface area contributed by atoms with Gasteiger partial charge in [-0.05, 0) is 48.9 Å². The average molecular weight is 409 g/mol. The highest BCUT2D eigenvalue weighted by atomic mass is 32.1. The topological polar surface area (TPSA) is 57.7 Å². The molecule has 150 valence electrons. The minimum Gasteiger partial charge on any atom is -0.378 e. The van der Waals surface area contributed by atoms with Crippen molar-refractivity contribution in [3.05, 3.63) is 48.0 Å². The van der Waals surface area contributed by atoms with E-state index < -0.39 is 0 Å². The summed E-state index contributed by atoms with van der Waals surface area (Å²) in [5, 5.41) is 4.06. The number of amides is 1. The highest BCUT2D eigenvalue weighted by Crippen LogP contribution is 2.33. The molecule has 2 aliphatic rings. The second-order valence-electron chi connectivity index (χ2n) is 7.71. The van der Waals surface area contributed by atoms with Crippen LogP contribution >= 0.6 is 11.3 Å². The van der Waals surface area contributed by atoms with Crippen LogP contribution in [0.1, 0.15) is 5.56 Å². The molecule has 29 heavy (non-hydrogen) atoms. The van der Waals surface area contributed by atoms with E-state index in [0.717, 1.165) is 55.7 Å². The highest BCUT2D eigenvalue weighted by molar-refractivity contribution is 7.22. The first kappa shape index (κ1) is 18.4. The smallest absolute Gasteiger partial charge is 0.231 e. The number of anilines is 3. The largest absolute Gasteiger partial charge is 0.378 e. The molecule has 0 saturated carbocycles. The quantitative estimate of drug-likeness (QED) is 0.716. The van der Waals surface area contributed by atoms with Crippen LogP contribution in [0.15, 0.2) is 42.5 Å². The SMILES string of the molecule is Cc1ccc2nc(N3CC(C(=O)Nc4ccc(N5CCOCC5)cc4)C3)sc2c1. The number of aromatic nitrogens is 1. The Morgan fingerprint density at radius 1 is 1.10 bits per heavy atom. The van der Waals surface area contributed by atoms with Crippen LogP contribution in [0.3, 0.4) is 0 Å². The van der Waals surface area contributed by atoms with Gasteiger partial charge in [0.2, 0.25) is 5.91 Å². The molecule has 7 heteroatoms. The highest BCUT2D eigenvalue weighted by Gasteiger charge is 2.34. The Balaban J connectivity index is 1.17. The monoisotopic (exact) mass is 408 g/mol. The Hall–Kier alpha value is -2.64. The van der Waals surface area contributed by atoms with E-state index in [-0.39, 0.29) is 11.8 Å². The van der Waals surface area contributed by atoms with Gasteiger partial charge in [-0.25, -0.2) is 4.98 Å². The van der Waals surface area contributed by atoms with Gasteiger partial charge in [0, 0.05) is 37.6 Å². The zero-order valence-electron chi connectivity index (χ0n) is 16.4. The van der Waals surface area contributed by atoms with Crippen molar-refractivity contribution in [2.75, 3.05) is 54.5 Å². The lowest BCUT2D eigenvalue weighted by Crippen LogP contribution is -2.52. The van der Waals surface area contributed by atoms with Gasteiger partial charge in [-0.2, -0.15) is 0 Å². The summed E-state index contributed by atoms with van der Waals surface area (Å²) in [7, 11) is 0. The standard InChI is InChI=1S/C22H24N4O2S/c1-15-2-7-19-20(12-15)29-22(24-19)26-13-16(14-26)21(27)23-17-3-5-18(6-4-17)25-8-10-28-11-9-25/h2-7,12,16H,8-11,13-14H2,1H3,(H,23,27). The van der Waals surface area contributed by atoms with E-state index in [1.54, 1.807) is 11.3 Å². The van der Waals surface area contributed by atoms with Gasteiger partial charge in [0.25, 0.3) is 0 Å². The predicted octanol–water partition coefficient (Wildman–Crippen LogP) is 3.52. The first-order chi connectivity index (χ1) is 14.2. The number of rotatable bonds is 4. The molecule has 2 fully saturated rings. The van der Waals surface area contributed by atoms with Crippen LogP contribution < -0.4 is 15.1 Å². The number of benzene rings is 2. The summed E-state index contributed by atoms with van der Waals surface area (Å²) in [6, 6.07) is 14.4. The first-order valence-electron chi connectivity index (χ1n) is 10.0. The van der Waals surface area contributed by atoms with E-state index in [1.807, 2.05) is 12.1 Å². The van der Waals surface area contributed by atoms with Crippen molar-refractivity contribution < 1.29 is 9.53 Å². The van der Waals surface area contributed by atoms with Crippen LogP contribution in [-0.2, 0) is 9.53 Å². The lowest BCUT2D eigenvalue weighted by atomic mass is 10.00. The van der Waals surface area contributed by atoms with Crippen LogP contribution in [0, 0.1) is 12.8 Å². The summed E-state index contributed by atoms with van der Waals surface area (Å²) in [5.41, 5.74) is 4.30. The number of morpholine rings is 1. The molecule has 6 nitrogen and oxygen atoms in total. The van der Waals surface area contributed by atoms with Crippen LogP contribution in [0.4, 0.5) is 16.5 Å². The van der Waals surface area contributed by atoms with Crippen molar-refractivity contribution in [3.63, 3.8) is 0 Å².